The fourth-order valence-corrected chi connectivity index (χ4v) is 2.47. The highest BCUT2D eigenvalue weighted by Gasteiger charge is 2.15. The van der Waals surface area contributed by atoms with E-state index in [1.54, 1.807) is 0 Å². The Kier molecular flexibility index (Phi) is 2.60. The first-order chi connectivity index (χ1) is 8.33. The van der Waals surface area contributed by atoms with Gasteiger partial charge in [0.25, 0.3) is 0 Å². The van der Waals surface area contributed by atoms with Crippen molar-refractivity contribution in [3.05, 3.63) is 65.2 Å². The maximum atomic E-state index is 2.46. The molecule has 0 atom stereocenters. The van der Waals surface area contributed by atoms with Gasteiger partial charge in [-0.25, -0.2) is 0 Å². The molecular formula is C16H17N. The molecular weight excluding hydrogens is 206 g/mol. The molecule has 0 radical (unpaired) electrons. The summed E-state index contributed by atoms with van der Waals surface area (Å²) in [6.07, 6.45) is 1.16. The van der Waals surface area contributed by atoms with Gasteiger partial charge < -0.3 is 4.90 Å². The van der Waals surface area contributed by atoms with Gasteiger partial charge in [0.05, 0.1) is 0 Å². The average molecular weight is 223 g/mol. The van der Waals surface area contributed by atoms with Gasteiger partial charge in [-0.2, -0.15) is 0 Å². The third-order valence-corrected chi connectivity index (χ3v) is 3.53. The summed E-state index contributed by atoms with van der Waals surface area (Å²) in [7, 11) is 0. The smallest absolute Gasteiger partial charge is 0.0432 e. The molecule has 1 aliphatic rings. The van der Waals surface area contributed by atoms with Crippen LogP contribution in [0.3, 0.4) is 0 Å². The number of anilines is 1. The molecule has 0 unspecified atom stereocenters. The van der Waals surface area contributed by atoms with Crippen molar-refractivity contribution in [2.24, 2.45) is 0 Å². The molecule has 2 aromatic rings. The minimum atomic E-state index is 1.04. The standard InChI is InChI=1S/C16H17N/c1-13-6-8-16(9-7-13)17-11-10-14-4-2-3-5-15(14)12-17/h2-9H,10-12H2,1H3. The van der Waals surface area contributed by atoms with Crippen molar-refractivity contribution in [3.63, 3.8) is 0 Å². The third kappa shape index (κ3) is 2.05. The Morgan fingerprint density at radius 3 is 2.35 bits per heavy atom. The zero-order valence-electron chi connectivity index (χ0n) is 10.2. The Morgan fingerprint density at radius 2 is 1.59 bits per heavy atom. The number of fused-ring (bicyclic) bond motifs is 1. The fraction of sp³-hybridized carbons (Fsp3) is 0.250. The monoisotopic (exact) mass is 223 g/mol. The van der Waals surface area contributed by atoms with Crippen molar-refractivity contribution in [2.45, 2.75) is 19.9 Å². The van der Waals surface area contributed by atoms with Crippen LogP contribution in [0.5, 0.6) is 0 Å². The summed E-state index contributed by atoms with van der Waals surface area (Å²) in [6, 6.07) is 17.6. The molecule has 0 aromatic heterocycles. The second-order valence-corrected chi connectivity index (χ2v) is 4.78. The molecule has 2 aromatic carbocycles. The largest absolute Gasteiger partial charge is 0.367 e. The van der Waals surface area contributed by atoms with Crippen LogP contribution in [0, 0.1) is 6.92 Å². The van der Waals surface area contributed by atoms with E-state index in [9.17, 15) is 0 Å². The Bertz CT molecular complexity index is 513. The number of nitrogens with zero attached hydrogens (tertiary/aromatic N) is 1. The quantitative estimate of drug-likeness (QED) is 0.714. The van der Waals surface area contributed by atoms with Crippen molar-refractivity contribution in [3.8, 4) is 0 Å². The Labute approximate surface area is 103 Å². The molecule has 1 heteroatoms. The van der Waals surface area contributed by atoms with Crippen molar-refractivity contribution >= 4 is 5.69 Å². The second-order valence-electron chi connectivity index (χ2n) is 4.78. The van der Waals surface area contributed by atoms with Gasteiger partial charge in [0.1, 0.15) is 0 Å². The predicted molar refractivity (Wildman–Crippen MR) is 72.4 cm³/mol. The number of hydrogen-bond donors (Lipinski definition) is 0. The summed E-state index contributed by atoms with van der Waals surface area (Å²) in [5, 5.41) is 0. The molecule has 1 nitrogen and oxygen atoms in total. The number of rotatable bonds is 1. The van der Waals surface area contributed by atoms with Crippen molar-refractivity contribution in [1.82, 2.24) is 0 Å². The lowest BCUT2D eigenvalue weighted by Gasteiger charge is -2.30. The highest BCUT2D eigenvalue weighted by atomic mass is 15.1. The Hall–Kier alpha value is -1.76. The molecule has 3 rings (SSSR count). The van der Waals surface area contributed by atoms with Crippen LogP contribution in [-0.2, 0) is 13.0 Å². The average Bonchev–Trinajstić information content (AvgIpc) is 2.39. The lowest BCUT2D eigenvalue weighted by molar-refractivity contribution is 0.732. The molecule has 0 spiro atoms. The lowest BCUT2D eigenvalue weighted by Crippen LogP contribution is -2.30. The molecule has 0 aliphatic carbocycles. The van der Waals surface area contributed by atoms with Gasteiger partial charge in [-0.15, -0.1) is 0 Å². The second kappa shape index (κ2) is 4.25. The molecule has 0 saturated heterocycles. The predicted octanol–water partition coefficient (Wildman–Crippen LogP) is 3.56. The van der Waals surface area contributed by atoms with Crippen LogP contribution in [0.25, 0.3) is 0 Å². The van der Waals surface area contributed by atoms with E-state index in [1.807, 2.05) is 0 Å². The molecule has 0 fully saturated rings. The zero-order chi connectivity index (χ0) is 11.7. The van der Waals surface area contributed by atoms with E-state index >= 15 is 0 Å². The van der Waals surface area contributed by atoms with E-state index in [1.165, 1.54) is 22.4 Å². The van der Waals surface area contributed by atoms with E-state index in [4.69, 9.17) is 0 Å². The summed E-state index contributed by atoms with van der Waals surface area (Å²) in [5.74, 6) is 0. The van der Waals surface area contributed by atoms with Crippen LogP contribution < -0.4 is 4.90 Å². The van der Waals surface area contributed by atoms with E-state index in [0.29, 0.717) is 0 Å². The lowest BCUT2D eigenvalue weighted by atomic mass is 9.99. The van der Waals surface area contributed by atoms with Gasteiger partial charge in [-0.3, -0.25) is 0 Å². The minimum Gasteiger partial charge on any atom is -0.367 e. The van der Waals surface area contributed by atoms with Crippen LogP contribution in [-0.4, -0.2) is 6.54 Å². The maximum Gasteiger partial charge on any atom is 0.0432 e. The van der Waals surface area contributed by atoms with Gasteiger partial charge in [0, 0.05) is 18.8 Å². The minimum absolute atomic E-state index is 1.04. The van der Waals surface area contributed by atoms with Gasteiger partial charge >= 0.3 is 0 Å². The molecule has 86 valence electrons. The summed E-state index contributed by atoms with van der Waals surface area (Å²) in [6.45, 7) is 4.30. The van der Waals surface area contributed by atoms with Crippen LogP contribution in [0.15, 0.2) is 48.5 Å². The normalized spacial score (nSPS) is 14.5. The Balaban J connectivity index is 1.86. The van der Waals surface area contributed by atoms with Crippen LogP contribution in [0.2, 0.25) is 0 Å². The van der Waals surface area contributed by atoms with E-state index < -0.39 is 0 Å². The van der Waals surface area contributed by atoms with Crippen LogP contribution >= 0.6 is 0 Å². The molecule has 0 bridgehead atoms. The molecule has 0 N–H and O–H groups in total. The van der Waals surface area contributed by atoms with Gasteiger partial charge in [-0.05, 0) is 36.6 Å². The van der Waals surface area contributed by atoms with Crippen molar-refractivity contribution in [1.29, 1.82) is 0 Å². The topological polar surface area (TPSA) is 3.24 Å². The number of hydrogen-bond acceptors (Lipinski definition) is 1. The molecule has 17 heavy (non-hydrogen) atoms. The highest BCUT2D eigenvalue weighted by Crippen LogP contribution is 2.24. The molecule has 1 aliphatic heterocycles. The maximum absolute atomic E-state index is 2.46. The first-order valence-corrected chi connectivity index (χ1v) is 6.21. The van der Waals surface area contributed by atoms with Crippen molar-refractivity contribution in [2.75, 3.05) is 11.4 Å². The molecule has 0 amide bonds. The Morgan fingerprint density at radius 1 is 0.882 bits per heavy atom. The van der Waals surface area contributed by atoms with Crippen LogP contribution in [0.1, 0.15) is 16.7 Å². The number of aryl methyl sites for hydroxylation is 1. The fourth-order valence-electron chi connectivity index (χ4n) is 2.47. The molecule has 1 heterocycles. The van der Waals surface area contributed by atoms with Gasteiger partial charge in [-0.1, -0.05) is 42.0 Å². The van der Waals surface area contributed by atoms with Crippen LogP contribution in [0.4, 0.5) is 5.69 Å². The highest BCUT2D eigenvalue weighted by molar-refractivity contribution is 5.50. The summed E-state index contributed by atoms with van der Waals surface area (Å²) >= 11 is 0. The summed E-state index contributed by atoms with van der Waals surface area (Å²) < 4.78 is 0. The SMILES string of the molecule is Cc1ccc(N2CCc3ccccc3C2)cc1. The third-order valence-electron chi connectivity index (χ3n) is 3.53. The first-order valence-electron chi connectivity index (χ1n) is 6.21. The van der Waals surface area contributed by atoms with Gasteiger partial charge in [0.15, 0.2) is 0 Å². The van der Waals surface area contributed by atoms with Gasteiger partial charge in [0.2, 0.25) is 0 Å². The summed E-state index contributed by atoms with van der Waals surface area (Å²) in [4.78, 5) is 2.46. The zero-order valence-corrected chi connectivity index (χ0v) is 10.2. The van der Waals surface area contributed by atoms with E-state index in [-0.39, 0.29) is 0 Å². The first kappa shape index (κ1) is 10.4. The summed E-state index contributed by atoms with van der Waals surface area (Å²) in [5.41, 5.74) is 5.64. The van der Waals surface area contributed by atoms with E-state index in [0.717, 1.165) is 19.5 Å². The molecule has 0 saturated carbocycles. The number of benzene rings is 2. The van der Waals surface area contributed by atoms with Crippen molar-refractivity contribution < 1.29 is 0 Å². The van der Waals surface area contributed by atoms with E-state index in [2.05, 4.69) is 60.4 Å².